The molecule has 1 atom stereocenters. The van der Waals surface area contributed by atoms with Gasteiger partial charge in [-0.25, -0.2) is 0 Å². The SMILES string of the molecule is CC/C=C\C/C=C\C/C=C\CCCCCCCC(=O)OCC(COCCCCCCCCCCCCCCCCCCCCCC)OC(=O)CCCCCCC/C=C\CCCC. The predicted molar refractivity (Wildman–Crippen MR) is 270 cm³/mol. The van der Waals surface area contributed by atoms with Crippen LogP contribution in [0.25, 0.3) is 0 Å². The molecule has 5 heteroatoms. The smallest absolute Gasteiger partial charge is 0.306 e. The molecule has 362 valence electrons. The second-order valence-electron chi connectivity index (χ2n) is 18.1. The molecule has 0 radical (unpaired) electrons. The number of hydrogen-bond donors (Lipinski definition) is 0. The van der Waals surface area contributed by atoms with Gasteiger partial charge in [-0.15, -0.1) is 0 Å². The van der Waals surface area contributed by atoms with E-state index in [0.29, 0.717) is 19.4 Å². The highest BCUT2D eigenvalue weighted by atomic mass is 16.6. The lowest BCUT2D eigenvalue weighted by Gasteiger charge is -2.18. The van der Waals surface area contributed by atoms with Crippen molar-refractivity contribution < 1.29 is 23.8 Å². The summed E-state index contributed by atoms with van der Waals surface area (Å²) in [7, 11) is 0. The topological polar surface area (TPSA) is 61.8 Å². The average Bonchev–Trinajstić information content (AvgIpc) is 3.27. The van der Waals surface area contributed by atoms with E-state index in [1.165, 1.54) is 167 Å². The van der Waals surface area contributed by atoms with Crippen molar-refractivity contribution in [1.29, 1.82) is 0 Å². The number of carbonyl (C=O) groups excluding carboxylic acids is 2. The predicted octanol–water partition coefficient (Wildman–Crippen LogP) is 18.3. The fraction of sp³-hybridized carbons (Fsp3) is 0.825. The normalized spacial score (nSPS) is 12.5. The second-order valence-corrected chi connectivity index (χ2v) is 18.1. The number of carbonyl (C=O) groups is 2. The minimum Gasteiger partial charge on any atom is -0.462 e. The Morgan fingerprint density at radius 1 is 0.371 bits per heavy atom. The van der Waals surface area contributed by atoms with Crippen LogP contribution in [-0.2, 0) is 23.8 Å². The molecular weight excluding hydrogens is 765 g/mol. The zero-order valence-corrected chi connectivity index (χ0v) is 41.6. The zero-order valence-electron chi connectivity index (χ0n) is 41.6. The van der Waals surface area contributed by atoms with Crippen molar-refractivity contribution in [1.82, 2.24) is 0 Å². The molecule has 62 heavy (non-hydrogen) atoms. The molecule has 0 rings (SSSR count). The van der Waals surface area contributed by atoms with E-state index in [-0.39, 0.29) is 25.2 Å². The van der Waals surface area contributed by atoms with E-state index in [4.69, 9.17) is 14.2 Å². The highest BCUT2D eigenvalue weighted by Gasteiger charge is 2.17. The lowest BCUT2D eigenvalue weighted by molar-refractivity contribution is -0.163. The molecule has 0 heterocycles. The molecule has 0 aromatic heterocycles. The Balaban J connectivity index is 4.19. The van der Waals surface area contributed by atoms with Crippen LogP contribution in [0.5, 0.6) is 0 Å². The van der Waals surface area contributed by atoms with Gasteiger partial charge in [0, 0.05) is 19.4 Å². The molecule has 0 aromatic carbocycles. The Morgan fingerprint density at radius 3 is 1.23 bits per heavy atom. The zero-order chi connectivity index (χ0) is 44.9. The summed E-state index contributed by atoms with van der Waals surface area (Å²) >= 11 is 0. The lowest BCUT2D eigenvalue weighted by Crippen LogP contribution is -2.30. The molecule has 0 saturated carbocycles. The Bertz CT molecular complexity index is 1030. The van der Waals surface area contributed by atoms with Gasteiger partial charge in [-0.3, -0.25) is 9.59 Å². The van der Waals surface area contributed by atoms with Crippen molar-refractivity contribution >= 4 is 11.9 Å². The third-order valence-corrected chi connectivity index (χ3v) is 11.8. The van der Waals surface area contributed by atoms with Gasteiger partial charge in [0.1, 0.15) is 6.61 Å². The van der Waals surface area contributed by atoms with Crippen LogP contribution in [0.3, 0.4) is 0 Å². The average molecular weight is 869 g/mol. The maximum Gasteiger partial charge on any atom is 0.306 e. The van der Waals surface area contributed by atoms with Crippen molar-refractivity contribution in [3.8, 4) is 0 Å². The number of hydrogen-bond acceptors (Lipinski definition) is 5. The minimum atomic E-state index is -0.544. The molecule has 0 aliphatic rings. The standard InChI is InChI=1S/C57H104O5/c1-4-7-10-13-16-19-22-24-26-27-28-29-30-32-34-37-40-43-46-49-52-60-53-55(62-57(59)51-48-45-42-39-35-21-18-15-12-9-6-3)54-61-56(58)50-47-44-41-38-36-33-31-25-23-20-17-14-11-8-5-2/h8,11,15,17-18,20,25,31,55H,4-7,9-10,12-14,16,19,21-24,26-30,32-54H2,1-3H3/b11-8-,18-15-,20-17-,31-25-. The minimum absolute atomic E-state index is 0.0760. The maximum atomic E-state index is 12.8. The van der Waals surface area contributed by atoms with Crippen molar-refractivity contribution in [3.05, 3.63) is 48.6 Å². The van der Waals surface area contributed by atoms with Gasteiger partial charge in [-0.1, -0.05) is 243 Å². The van der Waals surface area contributed by atoms with Crippen LogP contribution in [0.2, 0.25) is 0 Å². The number of rotatable bonds is 50. The van der Waals surface area contributed by atoms with Crippen LogP contribution < -0.4 is 0 Å². The van der Waals surface area contributed by atoms with E-state index >= 15 is 0 Å². The summed E-state index contributed by atoms with van der Waals surface area (Å²) in [5.41, 5.74) is 0. The van der Waals surface area contributed by atoms with Crippen LogP contribution in [0.15, 0.2) is 48.6 Å². The first-order valence-electron chi connectivity index (χ1n) is 27.2. The highest BCUT2D eigenvalue weighted by Crippen LogP contribution is 2.16. The summed E-state index contributed by atoms with van der Waals surface area (Å²) in [6.07, 6.45) is 65.6. The molecule has 0 amide bonds. The number of ether oxygens (including phenoxy) is 3. The molecule has 0 N–H and O–H groups in total. The molecule has 5 nitrogen and oxygen atoms in total. The van der Waals surface area contributed by atoms with Gasteiger partial charge in [0.15, 0.2) is 6.10 Å². The third kappa shape index (κ3) is 50.5. The van der Waals surface area contributed by atoms with Gasteiger partial charge in [-0.2, -0.15) is 0 Å². The van der Waals surface area contributed by atoms with Crippen LogP contribution in [-0.4, -0.2) is 37.9 Å². The summed E-state index contributed by atoms with van der Waals surface area (Å²) in [4.78, 5) is 25.4. The summed E-state index contributed by atoms with van der Waals surface area (Å²) in [5, 5.41) is 0. The van der Waals surface area contributed by atoms with Gasteiger partial charge in [0.2, 0.25) is 0 Å². The molecule has 0 fully saturated rings. The van der Waals surface area contributed by atoms with Crippen LogP contribution in [0, 0.1) is 0 Å². The van der Waals surface area contributed by atoms with Crippen molar-refractivity contribution in [2.75, 3.05) is 19.8 Å². The van der Waals surface area contributed by atoms with Crippen molar-refractivity contribution in [3.63, 3.8) is 0 Å². The van der Waals surface area contributed by atoms with Gasteiger partial charge in [0.25, 0.3) is 0 Å². The van der Waals surface area contributed by atoms with E-state index in [1.54, 1.807) is 0 Å². The molecule has 0 bridgehead atoms. The number of unbranched alkanes of at least 4 members (excludes halogenated alkanes) is 31. The van der Waals surface area contributed by atoms with Gasteiger partial charge < -0.3 is 14.2 Å². The van der Waals surface area contributed by atoms with Gasteiger partial charge in [0.05, 0.1) is 6.61 Å². The Kier molecular flexibility index (Phi) is 51.4. The molecule has 0 spiro atoms. The van der Waals surface area contributed by atoms with Gasteiger partial charge >= 0.3 is 11.9 Å². The van der Waals surface area contributed by atoms with Crippen molar-refractivity contribution in [2.24, 2.45) is 0 Å². The molecule has 1 unspecified atom stereocenters. The monoisotopic (exact) mass is 869 g/mol. The number of allylic oxidation sites excluding steroid dienone is 8. The Morgan fingerprint density at radius 2 is 0.742 bits per heavy atom. The van der Waals surface area contributed by atoms with E-state index < -0.39 is 6.10 Å². The molecule has 0 aliphatic carbocycles. The van der Waals surface area contributed by atoms with E-state index in [2.05, 4.69) is 69.4 Å². The van der Waals surface area contributed by atoms with Crippen LogP contribution in [0.4, 0.5) is 0 Å². The summed E-state index contributed by atoms with van der Waals surface area (Å²) in [6, 6.07) is 0. The lowest BCUT2D eigenvalue weighted by atomic mass is 10.0. The summed E-state index contributed by atoms with van der Waals surface area (Å²) in [5.74, 6) is -0.417. The molecule has 0 aliphatic heterocycles. The molecule has 0 saturated heterocycles. The number of esters is 2. The highest BCUT2D eigenvalue weighted by molar-refractivity contribution is 5.70. The summed E-state index contributed by atoms with van der Waals surface area (Å²) < 4.78 is 17.4. The van der Waals surface area contributed by atoms with Crippen molar-refractivity contribution in [2.45, 2.75) is 284 Å². The van der Waals surface area contributed by atoms with E-state index in [0.717, 1.165) is 77.0 Å². The third-order valence-electron chi connectivity index (χ3n) is 11.8. The first kappa shape index (κ1) is 59.9. The second kappa shape index (κ2) is 53.2. The van der Waals surface area contributed by atoms with E-state index in [1.807, 2.05) is 0 Å². The Hall–Kier alpha value is -2.14. The quantitative estimate of drug-likeness (QED) is 0.0346. The van der Waals surface area contributed by atoms with Crippen LogP contribution in [0.1, 0.15) is 278 Å². The molecule has 0 aromatic rings. The van der Waals surface area contributed by atoms with E-state index in [9.17, 15) is 9.59 Å². The maximum absolute atomic E-state index is 12.8. The fourth-order valence-corrected chi connectivity index (χ4v) is 7.80. The van der Waals surface area contributed by atoms with Gasteiger partial charge in [-0.05, 0) is 70.6 Å². The summed E-state index contributed by atoms with van der Waals surface area (Å²) in [6.45, 7) is 7.70. The van der Waals surface area contributed by atoms with Crippen LogP contribution >= 0.6 is 0 Å². The first-order chi connectivity index (χ1) is 30.6. The fourth-order valence-electron chi connectivity index (χ4n) is 7.80. The Labute approximate surface area is 386 Å². The molecular formula is C57H104O5. The first-order valence-corrected chi connectivity index (χ1v) is 27.2. The largest absolute Gasteiger partial charge is 0.462 e.